The number of sulfone groups is 1. The summed E-state index contributed by atoms with van der Waals surface area (Å²) in [7, 11) is -2.97. The smallest absolute Gasteiger partial charge is 0.148 e. The lowest BCUT2D eigenvalue weighted by atomic mass is 10.1. The molecule has 0 aliphatic heterocycles. The maximum Gasteiger partial charge on any atom is 0.148 e. The number of hydrogen-bond acceptors (Lipinski definition) is 4. The van der Waals surface area contributed by atoms with E-state index in [0.717, 1.165) is 27.7 Å². The van der Waals surface area contributed by atoms with Crippen LogP contribution in [-0.4, -0.2) is 27.0 Å². The molecular formula is C14H18BrNO3S. The minimum Gasteiger partial charge on any atom is -0.458 e. The van der Waals surface area contributed by atoms with Crippen molar-refractivity contribution in [2.75, 3.05) is 18.6 Å². The third-order valence-electron chi connectivity index (χ3n) is 3.09. The van der Waals surface area contributed by atoms with Crippen molar-refractivity contribution in [3.05, 3.63) is 34.5 Å². The van der Waals surface area contributed by atoms with Crippen LogP contribution in [0.1, 0.15) is 25.1 Å². The predicted octanol–water partition coefficient (Wildman–Crippen LogP) is 3.28. The molecule has 2 rings (SSSR count). The zero-order chi connectivity index (χ0) is 14.8. The Morgan fingerprint density at radius 3 is 2.75 bits per heavy atom. The minimum atomic E-state index is -2.97. The molecule has 4 nitrogen and oxygen atoms in total. The molecule has 20 heavy (non-hydrogen) atoms. The highest BCUT2D eigenvalue weighted by atomic mass is 79.9. The first-order chi connectivity index (χ1) is 9.40. The van der Waals surface area contributed by atoms with E-state index in [4.69, 9.17) is 4.42 Å². The summed E-state index contributed by atoms with van der Waals surface area (Å²) in [4.78, 5) is 0. The van der Waals surface area contributed by atoms with Crippen molar-refractivity contribution < 1.29 is 12.8 Å². The topological polar surface area (TPSA) is 59.3 Å². The maximum absolute atomic E-state index is 11.3. The van der Waals surface area contributed by atoms with Gasteiger partial charge >= 0.3 is 0 Å². The van der Waals surface area contributed by atoms with Crippen LogP contribution in [0.4, 0.5) is 0 Å². The van der Waals surface area contributed by atoms with E-state index in [2.05, 4.69) is 21.2 Å². The van der Waals surface area contributed by atoms with Gasteiger partial charge in [-0.1, -0.05) is 19.1 Å². The van der Waals surface area contributed by atoms with E-state index in [9.17, 15) is 8.42 Å². The molecule has 1 aromatic heterocycles. The van der Waals surface area contributed by atoms with Crippen LogP contribution in [0, 0.1) is 0 Å². The average Bonchev–Trinajstić information content (AvgIpc) is 2.78. The van der Waals surface area contributed by atoms with Crippen molar-refractivity contribution in [1.82, 2.24) is 5.32 Å². The molecule has 2 aromatic rings. The van der Waals surface area contributed by atoms with E-state index in [1.807, 2.05) is 31.2 Å². The Labute approximate surface area is 127 Å². The molecule has 0 aliphatic rings. The summed E-state index contributed by atoms with van der Waals surface area (Å²) < 4.78 is 29.4. The summed E-state index contributed by atoms with van der Waals surface area (Å²) in [5.41, 5.74) is 0.796. The molecule has 0 amide bonds. The summed E-state index contributed by atoms with van der Waals surface area (Å²) in [6.45, 7) is 2.75. The highest BCUT2D eigenvalue weighted by Gasteiger charge is 2.18. The number of rotatable bonds is 6. The fourth-order valence-corrected chi connectivity index (χ4v) is 3.27. The van der Waals surface area contributed by atoms with Crippen molar-refractivity contribution in [2.45, 2.75) is 19.4 Å². The van der Waals surface area contributed by atoms with Gasteiger partial charge in [0.25, 0.3) is 0 Å². The highest BCUT2D eigenvalue weighted by Crippen LogP contribution is 2.30. The quantitative estimate of drug-likeness (QED) is 0.859. The van der Waals surface area contributed by atoms with Gasteiger partial charge in [0.15, 0.2) is 0 Å². The van der Waals surface area contributed by atoms with Gasteiger partial charge in [0, 0.05) is 11.6 Å². The van der Waals surface area contributed by atoms with Crippen molar-refractivity contribution >= 4 is 36.7 Å². The third kappa shape index (κ3) is 3.84. The Hall–Kier alpha value is -0.850. The highest BCUT2D eigenvalue weighted by molar-refractivity contribution is 9.10. The number of halogens is 1. The van der Waals surface area contributed by atoms with Crippen LogP contribution in [-0.2, 0) is 9.84 Å². The van der Waals surface area contributed by atoms with Crippen LogP contribution < -0.4 is 5.32 Å². The summed E-state index contributed by atoms with van der Waals surface area (Å²) in [6.07, 6.45) is 1.76. The molecule has 1 heterocycles. The number of hydrogen-bond donors (Lipinski definition) is 1. The van der Waals surface area contributed by atoms with Crippen LogP contribution >= 0.6 is 15.9 Å². The fraction of sp³-hybridized carbons (Fsp3) is 0.429. The number of furan rings is 1. The Bertz CT molecular complexity index is 694. The van der Waals surface area contributed by atoms with Crippen LogP contribution in [0.3, 0.4) is 0 Å². The van der Waals surface area contributed by atoms with Crippen LogP contribution in [0.5, 0.6) is 0 Å². The Kier molecular flexibility index (Phi) is 4.88. The molecule has 0 fully saturated rings. The molecule has 0 aliphatic carbocycles. The molecule has 0 saturated heterocycles. The molecule has 0 saturated carbocycles. The second-order valence-corrected chi connectivity index (χ2v) is 7.95. The monoisotopic (exact) mass is 359 g/mol. The molecule has 0 radical (unpaired) electrons. The second-order valence-electron chi connectivity index (χ2n) is 4.84. The molecule has 0 spiro atoms. The first-order valence-electron chi connectivity index (χ1n) is 6.50. The molecule has 6 heteroatoms. The molecule has 1 unspecified atom stereocenters. The maximum atomic E-state index is 11.3. The normalized spacial score (nSPS) is 13.8. The lowest BCUT2D eigenvalue weighted by Crippen LogP contribution is -2.23. The lowest BCUT2D eigenvalue weighted by molar-refractivity contribution is 0.427. The van der Waals surface area contributed by atoms with Gasteiger partial charge in [-0.15, -0.1) is 0 Å². The SMILES string of the molecule is CCNC(CCS(C)(=O)=O)c1cc2cccc(Br)c2o1. The van der Waals surface area contributed by atoms with E-state index >= 15 is 0 Å². The molecule has 0 bridgehead atoms. The molecule has 1 N–H and O–H groups in total. The van der Waals surface area contributed by atoms with Crippen LogP contribution in [0.15, 0.2) is 33.2 Å². The first-order valence-corrected chi connectivity index (χ1v) is 9.35. The molecular weight excluding hydrogens is 342 g/mol. The number of fused-ring (bicyclic) bond motifs is 1. The summed E-state index contributed by atoms with van der Waals surface area (Å²) in [5, 5.41) is 4.29. The van der Waals surface area contributed by atoms with Gasteiger partial charge in [0.2, 0.25) is 0 Å². The largest absolute Gasteiger partial charge is 0.458 e. The van der Waals surface area contributed by atoms with E-state index in [1.165, 1.54) is 6.26 Å². The summed E-state index contributed by atoms with van der Waals surface area (Å²) >= 11 is 3.46. The van der Waals surface area contributed by atoms with E-state index < -0.39 is 9.84 Å². The Balaban J connectivity index is 2.29. The van der Waals surface area contributed by atoms with Crippen LogP contribution in [0.2, 0.25) is 0 Å². The van der Waals surface area contributed by atoms with E-state index in [0.29, 0.717) is 6.42 Å². The average molecular weight is 360 g/mol. The summed E-state index contributed by atoms with van der Waals surface area (Å²) in [5.74, 6) is 0.917. The zero-order valence-electron chi connectivity index (χ0n) is 11.5. The van der Waals surface area contributed by atoms with Crippen molar-refractivity contribution in [3.63, 3.8) is 0 Å². The van der Waals surface area contributed by atoms with Gasteiger partial charge in [-0.3, -0.25) is 0 Å². The Morgan fingerprint density at radius 1 is 1.40 bits per heavy atom. The van der Waals surface area contributed by atoms with E-state index in [1.54, 1.807) is 0 Å². The zero-order valence-corrected chi connectivity index (χ0v) is 13.9. The molecule has 110 valence electrons. The van der Waals surface area contributed by atoms with Gasteiger partial charge in [-0.2, -0.15) is 0 Å². The second kappa shape index (κ2) is 6.28. The Morgan fingerprint density at radius 2 is 2.15 bits per heavy atom. The predicted molar refractivity (Wildman–Crippen MR) is 84.7 cm³/mol. The van der Waals surface area contributed by atoms with Crippen LogP contribution in [0.25, 0.3) is 11.0 Å². The van der Waals surface area contributed by atoms with Gasteiger partial charge in [-0.05, 0) is 41.0 Å². The fourth-order valence-electron chi connectivity index (χ4n) is 2.14. The van der Waals surface area contributed by atoms with Crippen molar-refractivity contribution in [3.8, 4) is 0 Å². The summed E-state index contributed by atoms with van der Waals surface area (Å²) in [6, 6.07) is 7.73. The minimum absolute atomic E-state index is 0.0889. The first kappa shape index (κ1) is 15.5. The number of benzene rings is 1. The van der Waals surface area contributed by atoms with Gasteiger partial charge in [0.1, 0.15) is 21.2 Å². The van der Waals surface area contributed by atoms with Gasteiger partial charge < -0.3 is 9.73 Å². The van der Waals surface area contributed by atoms with Gasteiger partial charge in [-0.25, -0.2) is 8.42 Å². The molecule has 1 atom stereocenters. The van der Waals surface area contributed by atoms with Gasteiger partial charge in [0.05, 0.1) is 16.3 Å². The number of para-hydroxylation sites is 1. The lowest BCUT2D eigenvalue weighted by Gasteiger charge is -2.14. The van der Waals surface area contributed by atoms with Crippen molar-refractivity contribution in [2.24, 2.45) is 0 Å². The third-order valence-corrected chi connectivity index (χ3v) is 4.69. The van der Waals surface area contributed by atoms with Crippen molar-refractivity contribution in [1.29, 1.82) is 0 Å². The van der Waals surface area contributed by atoms with E-state index in [-0.39, 0.29) is 11.8 Å². The standard InChI is InChI=1S/C14H18BrNO3S/c1-3-16-12(7-8-20(2,17)18)13-9-10-5-4-6-11(15)14(10)19-13/h4-6,9,12,16H,3,7-8H2,1-2H3. The molecule has 1 aromatic carbocycles. The number of nitrogens with one attached hydrogen (secondary N) is 1.